The van der Waals surface area contributed by atoms with Gasteiger partial charge in [0.1, 0.15) is 34.5 Å². The van der Waals surface area contributed by atoms with Crippen LogP contribution in [0, 0.1) is 11.3 Å². The number of ether oxygens (including phenoxy) is 4. The van der Waals surface area contributed by atoms with Crippen molar-refractivity contribution in [2.45, 2.75) is 6.92 Å². The quantitative estimate of drug-likeness (QED) is 0.314. The van der Waals surface area contributed by atoms with Crippen molar-refractivity contribution in [3.8, 4) is 23.3 Å². The van der Waals surface area contributed by atoms with E-state index in [1.54, 1.807) is 49.4 Å². The van der Waals surface area contributed by atoms with Gasteiger partial charge in [-0.1, -0.05) is 18.2 Å². The summed E-state index contributed by atoms with van der Waals surface area (Å²) in [5.41, 5.74) is 0.497. The minimum Gasteiger partial charge on any atom is -0.496 e. The molecule has 0 aliphatic rings. The third-order valence-corrected chi connectivity index (χ3v) is 3.63. The second-order valence-corrected chi connectivity index (χ2v) is 5.39. The lowest BCUT2D eigenvalue weighted by molar-refractivity contribution is -0.137. The highest BCUT2D eigenvalue weighted by molar-refractivity contribution is 5.98. The second kappa shape index (κ2) is 9.78. The fourth-order valence-electron chi connectivity index (χ4n) is 2.39. The second-order valence-electron chi connectivity index (χ2n) is 5.39. The first-order chi connectivity index (χ1) is 13.5. The van der Waals surface area contributed by atoms with E-state index >= 15 is 0 Å². The largest absolute Gasteiger partial charge is 0.496 e. The molecule has 0 fully saturated rings. The maximum atomic E-state index is 12.6. The Bertz CT molecular complexity index is 920. The highest BCUT2D eigenvalue weighted by Gasteiger charge is 2.20. The van der Waals surface area contributed by atoms with E-state index in [4.69, 9.17) is 24.2 Å². The third kappa shape index (κ3) is 4.89. The lowest BCUT2D eigenvalue weighted by atomic mass is 10.1. The van der Waals surface area contributed by atoms with Crippen molar-refractivity contribution in [1.29, 1.82) is 5.26 Å². The van der Waals surface area contributed by atoms with Gasteiger partial charge in [0.15, 0.2) is 0 Å². The Morgan fingerprint density at radius 3 is 2.29 bits per heavy atom. The average molecular weight is 381 g/mol. The van der Waals surface area contributed by atoms with Gasteiger partial charge in [-0.3, -0.25) is 0 Å². The van der Waals surface area contributed by atoms with Gasteiger partial charge < -0.3 is 18.9 Å². The molecule has 144 valence electrons. The maximum absolute atomic E-state index is 12.6. The highest BCUT2D eigenvalue weighted by atomic mass is 16.5. The minimum atomic E-state index is -0.717. The predicted octanol–water partition coefficient (Wildman–Crippen LogP) is 3.39. The van der Waals surface area contributed by atoms with Crippen LogP contribution in [0.25, 0.3) is 6.08 Å². The number of carbonyl (C=O) groups excluding carboxylic acids is 2. The Hall–Kier alpha value is -3.79. The molecule has 0 saturated carbocycles. The van der Waals surface area contributed by atoms with E-state index in [1.165, 1.54) is 26.4 Å². The molecule has 0 aliphatic heterocycles. The zero-order valence-corrected chi connectivity index (χ0v) is 15.7. The number of benzene rings is 2. The van der Waals surface area contributed by atoms with Crippen molar-refractivity contribution < 1.29 is 28.5 Å². The molecular weight excluding hydrogens is 362 g/mol. The molecule has 2 aromatic rings. The number of nitriles is 1. The maximum Gasteiger partial charge on any atom is 0.351 e. The van der Waals surface area contributed by atoms with Crippen LogP contribution >= 0.6 is 0 Å². The van der Waals surface area contributed by atoms with Crippen molar-refractivity contribution >= 4 is 18.0 Å². The summed E-state index contributed by atoms with van der Waals surface area (Å²) in [4.78, 5) is 24.4. The van der Waals surface area contributed by atoms with E-state index in [1.807, 2.05) is 0 Å². The number of carbonyl (C=O) groups is 2. The number of esters is 2. The number of nitrogens with zero attached hydrogens (tertiary/aromatic N) is 1. The number of methoxy groups -OCH3 is 2. The normalized spacial score (nSPS) is 10.6. The molecule has 0 N–H and O–H groups in total. The molecule has 28 heavy (non-hydrogen) atoms. The summed E-state index contributed by atoms with van der Waals surface area (Å²) in [6.07, 6.45) is 1.36. The molecule has 0 atom stereocenters. The van der Waals surface area contributed by atoms with Crippen LogP contribution in [0.15, 0.2) is 48.0 Å². The zero-order chi connectivity index (χ0) is 20.5. The van der Waals surface area contributed by atoms with Gasteiger partial charge in [-0.2, -0.15) is 5.26 Å². The van der Waals surface area contributed by atoms with Crippen molar-refractivity contribution in [2.75, 3.05) is 20.8 Å². The molecule has 7 heteroatoms. The van der Waals surface area contributed by atoms with Crippen LogP contribution in [0.2, 0.25) is 0 Å². The Morgan fingerprint density at radius 1 is 1.07 bits per heavy atom. The molecule has 2 aromatic carbocycles. The van der Waals surface area contributed by atoms with Crippen LogP contribution in [0.5, 0.6) is 17.2 Å². The monoisotopic (exact) mass is 381 g/mol. The van der Waals surface area contributed by atoms with Crippen molar-refractivity contribution in [2.24, 2.45) is 0 Å². The van der Waals surface area contributed by atoms with Crippen LogP contribution in [0.4, 0.5) is 0 Å². The first-order valence-corrected chi connectivity index (χ1v) is 8.36. The van der Waals surface area contributed by atoms with Gasteiger partial charge in [-0.25, -0.2) is 9.59 Å². The lowest BCUT2D eigenvalue weighted by Crippen LogP contribution is -2.12. The van der Waals surface area contributed by atoms with Crippen LogP contribution in [0.3, 0.4) is 0 Å². The summed E-state index contributed by atoms with van der Waals surface area (Å²) in [5, 5.41) is 9.13. The van der Waals surface area contributed by atoms with Gasteiger partial charge >= 0.3 is 11.9 Å². The molecule has 0 bridgehead atoms. The van der Waals surface area contributed by atoms with E-state index in [2.05, 4.69) is 0 Å². The standard InChI is InChI=1S/C21H19NO6/c1-4-27-20(23)15(13-22)11-14-7-5-8-16(12-14)28-21(24)19-17(25-2)9-6-10-18(19)26-3/h5-12H,4H2,1-3H3/b15-11+. The summed E-state index contributed by atoms with van der Waals surface area (Å²) < 4.78 is 20.7. The van der Waals surface area contributed by atoms with Gasteiger partial charge in [0.25, 0.3) is 0 Å². The summed E-state index contributed by atoms with van der Waals surface area (Å²) >= 11 is 0. The van der Waals surface area contributed by atoms with Crippen LogP contribution in [0.1, 0.15) is 22.8 Å². The number of hydrogen-bond donors (Lipinski definition) is 0. The van der Waals surface area contributed by atoms with Gasteiger partial charge in [0.2, 0.25) is 0 Å². The topological polar surface area (TPSA) is 94.9 Å². The smallest absolute Gasteiger partial charge is 0.351 e. The molecule has 0 radical (unpaired) electrons. The Balaban J connectivity index is 2.30. The Morgan fingerprint density at radius 2 is 1.71 bits per heavy atom. The lowest BCUT2D eigenvalue weighted by Gasteiger charge is -2.12. The van der Waals surface area contributed by atoms with E-state index in [0.29, 0.717) is 17.1 Å². The molecule has 0 heterocycles. The van der Waals surface area contributed by atoms with Crippen LogP contribution in [-0.4, -0.2) is 32.8 Å². The minimum absolute atomic E-state index is 0.151. The van der Waals surface area contributed by atoms with Crippen LogP contribution < -0.4 is 14.2 Å². The van der Waals surface area contributed by atoms with E-state index in [-0.39, 0.29) is 23.5 Å². The summed E-state index contributed by atoms with van der Waals surface area (Å²) in [6, 6.07) is 13.1. The summed E-state index contributed by atoms with van der Waals surface area (Å²) in [6.45, 7) is 1.81. The van der Waals surface area contributed by atoms with Crippen molar-refractivity contribution in [1.82, 2.24) is 0 Å². The predicted molar refractivity (Wildman–Crippen MR) is 101 cm³/mol. The highest BCUT2D eigenvalue weighted by Crippen LogP contribution is 2.29. The summed E-state index contributed by atoms with van der Waals surface area (Å²) in [5.74, 6) is -0.524. The zero-order valence-electron chi connectivity index (χ0n) is 15.7. The van der Waals surface area contributed by atoms with E-state index in [9.17, 15) is 9.59 Å². The Labute approximate surface area is 162 Å². The van der Waals surface area contributed by atoms with Gasteiger partial charge in [0.05, 0.1) is 20.8 Å². The Kier molecular flexibility index (Phi) is 7.17. The molecular formula is C21H19NO6. The first kappa shape index (κ1) is 20.5. The fraction of sp³-hybridized carbons (Fsp3) is 0.190. The van der Waals surface area contributed by atoms with Gasteiger partial charge in [-0.05, 0) is 42.8 Å². The SMILES string of the molecule is CCOC(=O)/C(C#N)=C/c1cccc(OC(=O)c2c(OC)cccc2OC)c1. The molecule has 2 rings (SSSR count). The van der Waals surface area contributed by atoms with Gasteiger partial charge in [-0.15, -0.1) is 0 Å². The molecule has 0 aromatic heterocycles. The summed E-state index contributed by atoms with van der Waals surface area (Å²) in [7, 11) is 2.88. The van der Waals surface area contributed by atoms with Gasteiger partial charge in [0, 0.05) is 0 Å². The first-order valence-electron chi connectivity index (χ1n) is 8.36. The van der Waals surface area contributed by atoms with Crippen molar-refractivity contribution in [3.05, 3.63) is 59.2 Å². The molecule has 0 unspecified atom stereocenters. The molecule has 0 aliphatic carbocycles. The van der Waals surface area contributed by atoms with E-state index < -0.39 is 11.9 Å². The van der Waals surface area contributed by atoms with Crippen LogP contribution in [-0.2, 0) is 9.53 Å². The number of rotatable bonds is 7. The van der Waals surface area contributed by atoms with Crippen molar-refractivity contribution in [3.63, 3.8) is 0 Å². The molecule has 7 nitrogen and oxygen atoms in total. The average Bonchev–Trinajstić information content (AvgIpc) is 2.71. The molecule has 0 amide bonds. The number of hydrogen-bond acceptors (Lipinski definition) is 7. The fourth-order valence-corrected chi connectivity index (χ4v) is 2.39. The molecule has 0 saturated heterocycles. The molecule has 0 spiro atoms. The van der Waals surface area contributed by atoms with E-state index in [0.717, 1.165) is 0 Å². The third-order valence-electron chi connectivity index (χ3n) is 3.63.